The maximum atomic E-state index is 5.74. The highest BCUT2D eigenvalue weighted by Gasteiger charge is 2.15. The van der Waals surface area contributed by atoms with E-state index in [0.717, 1.165) is 17.0 Å². The smallest absolute Gasteiger partial charge is 0.189 e. The van der Waals surface area contributed by atoms with Crippen LogP contribution in [0.1, 0.15) is 25.7 Å². The Bertz CT molecular complexity index is 500. The first-order chi connectivity index (χ1) is 9.43. The van der Waals surface area contributed by atoms with Gasteiger partial charge in [-0.15, -0.1) is 0 Å². The Morgan fingerprint density at radius 3 is 2.63 bits per heavy atom. The van der Waals surface area contributed by atoms with E-state index in [1.165, 1.54) is 25.7 Å². The Labute approximate surface area is 113 Å². The zero-order valence-corrected chi connectivity index (χ0v) is 11.0. The first kappa shape index (κ1) is 12.3. The van der Waals surface area contributed by atoms with Crippen molar-refractivity contribution in [1.29, 1.82) is 0 Å². The van der Waals surface area contributed by atoms with Gasteiger partial charge in [0.1, 0.15) is 5.75 Å². The van der Waals surface area contributed by atoms with Crippen molar-refractivity contribution in [2.75, 3.05) is 6.79 Å². The van der Waals surface area contributed by atoms with E-state index < -0.39 is 0 Å². The lowest BCUT2D eigenvalue weighted by Gasteiger charge is -2.12. The summed E-state index contributed by atoms with van der Waals surface area (Å²) in [6.07, 6.45) is 7.19. The lowest BCUT2D eigenvalue weighted by Crippen LogP contribution is -2.12. The molecule has 1 aromatic heterocycles. The predicted molar refractivity (Wildman–Crippen MR) is 75.1 cm³/mol. The van der Waals surface area contributed by atoms with E-state index in [1.807, 2.05) is 30.5 Å². The zero-order chi connectivity index (χ0) is 12.9. The minimum Gasteiger partial charge on any atom is -0.465 e. The zero-order valence-electron chi connectivity index (χ0n) is 11.0. The van der Waals surface area contributed by atoms with Gasteiger partial charge >= 0.3 is 0 Å². The number of H-pyrrole nitrogens is 1. The molecular formula is C16H19NO2. The number of rotatable bonds is 5. The first-order valence-corrected chi connectivity index (χ1v) is 6.91. The summed E-state index contributed by atoms with van der Waals surface area (Å²) in [7, 11) is 0. The summed E-state index contributed by atoms with van der Waals surface area (Å²) < 4.78 is 11.5. The third-order valence-corrected chi connectivity index (χ3v) is 3.59. The van der Waals surface area contributed by atoms with Crippen LogP contribution in [0.3, 0.4) is 0 Å². The van der Waals surface area contributed by atoms with Gasteiger partial charge in [-0.2, -0.15) is 0 Å². The molecule has 3 rings (SSSR count). The summed E-state index contributed by atoms with van der Waals surface area (Å²) in [4.78, 5) is 3.22. The van der Waals surface area contributed by atoms with Crippen LogP contribution in [0.4, 0.5) is 0 Å². The largest absolute Gasteiger partial charge is 0.465 e. The first-order valence-electron chi connectivity index (χ1n) is 6.91. The molecule has 1 saturated carbocycles. The van der Waals surface area contributed by atoms with E-state index in [-0.39, 0.29) is 0 Å². The van der Waals surface area contributed by atoms with Gasteiger partial charge in [-0.05, 0) is 18.9 Å². The molecule has 1 heterocycles. The van der Waals surface area contributed by atoms with Crippen LogP contribution < -0.4 is 4.74 Å². The van der Waals surface area contributed by atoms with E-state index in [0.29, 0.717) is 12.9 Å². The van der Waals surface area contributed by atoms with Crippen LogP contribution in [0, 0.1) is 0 Å². The van der Waals surface area contributed by atoms with Crippen LogP contribution in [-0.4, -0.2) is 17.9 Å². The van der Waals surface area contributed by atoms with Crippen LogP contribution in [0.2, 0.25) is 0 Å². The minimum atomic E-state index is 0.336. The Kier molecular flexibility index (Phi) is 3.84. The molecule has 0 bridgehead atoms. The molecule has 0 radical (unpaired) electrons. The number of aromatic amines is 1. The quantitative estimate of drug-likeness (QED) is 0.822. The number of hydrogen-bond donors (Lipinski definition) is 1. The molecule has 1 aliphatic carbocycles. The lowest BCUT2D eigenvalue weighted by molar-refractivity contribution is -0.0321. The van der Waals surface area contributed by atoms with Crippen LogP contribution >= 0.6 is 0 Å². The Morgan fingerprint density at radius 2 is 1.84 bits per heavy atom. The second kappa shape index (κ2) is 5.93. The summed E-state index contributed by atoms with van der Waals surface area (Å²) in [5, 5.41) is 0. The molecule has 0 aliphatic heterocycles. The van der Waals surface area contributed by atoms with E-state index in [9.17, 15) is 0 Å². The highest BCUT2D eigenvalue weighted by atomic mass is 16.7. The SMILES string of the molecule is c1ccc(-c2[nH]ccc2OCOC2CCCC2)cc1. The second-order valence-electron chi connectivity index (χ2n) is 4.92. The summed E-state index contributed by atoms with van der Waals surface area (Å²) in [6, 6.07) is 12.1. The van der Waals surface area contributed by atoms with Gasteiger partial charge in [0.2, 0.25) is 0 Å². The standard InChI is InChI=1S/C16H19NO2/c1-2-6-13(7-3-1)16-15(10-11-17-16)19-12-18-14-8-4-5-9-14/h1-3,6-7,10-11,14,17H,4-5,8-9,12H2. The summed E-state index contributed by atoms with van der Waals surface area (Å²) >= 11 is 0. The third kappa shape index (κ3) is 2.99. The highest BCUT2D eigenvalue weighted by Crippen LogP contribution is 2.28. The fourth-order valence-electron chi connectivity index (χ4n) is 2.55. The Hall–Kier alpha value is -1.74. The van der Waals surface area contributed by atoms with Crippen molar-refractivity contribution in [3.8, 4) is 17.0 Å². The number of benzene rings is 1. The van der Waals surface area contributed by atoms with Crippen LogP contribution in [0.15, 0.2) is 42.6 Å². The van der Waals surface area contributed by atoms with Crippen molar-refractivity contribution in [3.63, 3.8) is 0 Å². The molecule has 1 aromatic carbocycles. The van der Waals surface area contributed by atoms with E-state index in [2.05, 4.69) is 17.1 Å². The summed E-state index contributed by atoms with van der Waals surface area (Å²) in [6.45, 7) is 0.336. The van der Waals surface area contributed by atoms with Crippen molar-refractivity contribution in [3.05, 3.63) is 42.6 Å². The molecule has 0 spiro atoms. The van der Waals surface area contributed by atoms with Gasteiger partial charge in [-0.1, -0.05) is 43.2 Å². The maximum absolute atomic E-state index is 5.74. The fraction of sp³-hybridized carbons (Fsp3) is 0.375. The summed E-state index contributed by atoms with van der Waals surface area (Å²) in [5.41, 5.74) is 2.14. The number of ether oxygens (including phenoxy) is 2. The molecule has 0 unspecified atom stereocenters. The van der Waals surface area contributed by atoms with E-state index >= 15 is 0 Å². The second-order valence-corrected chi connectivity index (χ2v) is 4.92. The number of hydrogen-bond acceptors (Lipinski definition) is 2. The molecular weight excluding hydrogens is 238 g/mol. The van der Waals surface area contributed by atoms with Crippen molar-refractivity contribution in [2.45, 2.75) is 31.8 Å². The normalized spacial score (nSPS) is 15.8. The van der Waals surface area contributed by atoms with E-state index in [1.54, 1.807) is 0 Å². The average molecular weight is 257 g/mol. The average Bonchev–Trinajstić information content (AvgIpc) is 3.11. The summed E-state index contributed by atoms with van der Waals surface area (Å²) in [5.74, 6) is 0.851. The van der Waals surface area contributed by atoms with Crippen molar-refractivity contribution >= 4 is 0 Å². The number of aromatic nitrogens is 1. The minimum absolute atomic E-state index is 0.336. The molecule has 19 heavy (non-hydrogen) atoms. The molecule has 1 aliphatic rings. The number of nitrogens with one attached hydrogen (secondary N) is 1. The molecule has 1 N–H and O–H groups in total. The lowest BCUT2D eigenvalue weighted by atomic mass is 10.1. The highest BCUT2D eigenvalue weighted by molar-refractivity contribution is 5.66. The maximum Gasteiger partial charge on any atom is 0.189 e. The van der Waals surface area contributed by atoms with Crippen molar-refractivity contribution in [2.24, 2.45) is 0 Å². The van der Waals surface area contributed by atoms with Gasteiger partial charge in [0.05, 0.1) is 11.8 Å². The molecule has 1 fully saturated rings. The van der Waals surface area contributed by atoms with Gasteiger partial charge in [0.25, 0.3) is 0 Å². The molecule has 2 aromatic rings. The van der Waals surface area contributed by atoms with Gasteiger partial charge in [0.15, 0.2) is 6.79 Å². The molecule has 0 atom stereocenters. The van der Waals surface area contributed by atoms with Crippen molar-refractivity contribution < 1.29 is 9.47 Å². The van der Waals surface area contributed by atoms with Gasteiger partial charge < -0.3 is 14.5 Å². The van der Waals surface area contributed by atoms with Crippen molar-refractivity contribution in [1.82, 2.24) is 4.98 Å². The van der Waals surface area contributed by atoms with E-state index in [4.69, 9.17) is 9.47 Å². The van der Waals surface area contributed by atoms with Crippen LogP contribution in [0.25, 0.3) is 11.3 Å². The molecule has 0 saturated heterocycles. The predicted octanol–water partition coefficient (Wildman–Crippen LogP) is 3.98. The molecule has 0 amide bonds. The van der Waals surface area contributed by atoms with Gasteiger partial charge in [0, 0.05) is 11.8 Å². The molecule has 3 heteroatoms. The topological polar surface area (TPSA) is 34.2 Å². The van der Waals surface area contributed by atoms with Crippen LogP contribution in [0.5, 0.6) is 5.75 Å². The monoisotopic (exact) mass is 257 g/mol. The fourth-order valence-corrected chi connectivity index (χ4v) is 2.55. The Morgan fingerprint density at radius 1 is 1.05 bits per heavy atom. The Balaban J connectivity index is 1.61. The van der Waals surface area contributed by atoms with Crippen LogP contribution in [-0.2, 0) is 4.74 Å². The third-order valence-electron chi connectivity index (χ3n) is 3.59. The molecule has 3 nitrogen and oxygen atoms in total. The molecule has 100 valence electrons. The van der Waals surface area contributed by atoms with Gasteiger partial charge in [-0.25, -0.2) is 0 Å². The van der Waals surface area contributed by atoms with Gasteiger partial charge in [-0.3, -0.25) is 0 Å².